The molecule has 0 aromatic carbocycles. The molecule has 1 saturated carbocycles. The molecule has 0 amide bonds. The van der Waals surface area contributed by atoms with E-state index >= 15 is 0 Å². The van der Waals surface area contributed by atoms with Crippen molar-refractivity contribution in [1.82, 2.24) is 0 Å². The molecule has 0 bridgehead atoms. The summed E-state index contributed by atoms with van der Waals surface area (Å²) in [6.45, 7) is 10.0. The SMILES string of the molecule is CC(C)C1CCC([C-]=O)CC1.[CH2-]CC.[U+2]. The molecule has 15 heavy (non-hydrogen) atoms. The second-order valence-electron chi connectivity index (χ2n) is 4.47. The molecule has 1 fully saturated rings. The molecule has 0 N–H and O–H groups in total. The van der Waals surface area contributed by atoms with Crippen LogP contribution in [-0.4, -0.2) is 6.29 Å². The predicted octanol–water partition coefficient (Wildman–Crippen LogP) is 3.79. The molecule has 0 radical (unpaired) electrons. The zero-order chi connectivity index (χ0) is 11.0. The standard InChI is InChI=1S/C10H17O.C3H7.U/c1-8(2)10-5-3-9(7-11)4-6-10;1-3-2;/h8-10H,3-6H2,1-2H3;1,3H2,2H3;/q2*-1;+2. The van der Waals surface area contributed by atoms with E-state index in [-0.39, 0.29) is 37.0 Å². The maximum atomic E-state index is 10.3. The quantitative estimate of drug-likeness (QED) is 0.605. The first-order chi connectivity index (χ1) is 6.65. The third-order valence-electron chi connectivity index (χ3n) is 2.88. The van der Waals surface area contributed by atoms with Gasteiger partial charge in [0.25, 0.3) is 0 Å². The number of rotatable bonds is 2. The maximum Gasteiger partial charge on any atom is 2.00 e. The summed E-state index contributed by atoms with van der Waals surface area (Å²) in [7, 11) is 0. The van der Waals surface area contributed by atoms with Crippen molar-refractivity contribution in [3.63, 3.8) is 0 Å². The van der Waals surface area contributed by atoms with Crippen LogP contribution in [0.1, 0.15) is 52.9 Å². The van der Waals surface area contributed by atoms with Crippen molar-refractivity contribution in [3.05, 3.63) is 6.92 Å². The minimum absolute atomic E-state index is 0. The largest absolute Gasteiger partial charge is 2.00 e. The molecule has 86 valence electrons. The molecule has 0 aromatic rings. The Labute approximate surface area is 119 Å². The minimum Gasteiger partial charge on any atom is -0.542 e. The zero-order valence-corrected chi connectivity index (χ0v) is 14.5. The molecule has 1 rings (SSSR count). The fourth-order valence-electron chi connectivity index (χ4n) is 1.90. The van der Waals surface area contributed by atoms with Gasteiger partial charge in [0.1, 0.15) is 0 Å². The van der Waals surface area contributed by atoms with E-state index in [0.29, 0.717) is 0 Å². The van der Waals surface area contributed by atoms with E-state index in [0.717, 1.165) is 31.1 Å². The van der Waals surface area contributed by atoms with Crippen LogP contribution in [0.25, 0.3) is 0 Å². The molecule has 0 heterocycles. The van der Waals surface area contributed by atoms with Crippen molar-refractivity contribution in [2.45, 2.75) is 52.9 Å². The van der Waals surface area contributed by atoms with E-state index in [1.54, 1.807) is 0 Å². The van der Waals surface area contributed by atoms with Gasteiger partial charge in [0.15, 0.2) is 0 Å². The number of hydrogen-bond donors (Lipinski definition) is 0. The third kappa shape index (κ3) is 8.52. The average Bonchev–Trinajstić information content (AvgIpc) is 2.19. The van der Waals surface area contributed by atoms with E-state index < -0.39 is 0 Å². The van der Waals surface area contributed by atoms with Gasteiger partial charge in [-0.25, -0.2) is 0 Å². The predicted molar refractivity (Wildman–Crippen MR) is 61.6 cm³/mol. The Morgan fingerprint density at radius 1 is 1.27 bits per heavy atom. The number of hydrogen-bond acceptors (Lipinski definition) is 1. The Morgan fingerprint density at radius 3 is 1.93 bits per heavy atom. The van der Waals surface area contributed by atoms with Crippen molar-refractivity contribution < 1.29 is 35.9 Å². The summed E-state index contributed by atoms with van der Waals surface area (Å²) in [5.74, 6) is 1.91. The fraction of sp³-hybridized carbons (Fsp3) is 0.846. The van der Waals surface area contributed by atoms with Crippen LogP contribution in [0.4, 0.5) is 0 Å². The van der Waals surface area contributed by atoms with E-state index in [4.69, 9.17) is 0 Å². The fourth-order valence-corrected chi connectivity index (χ4v) is 1.90. The maximum absolute atomic E-state index is 10.3. The summed E-state index contributed by atoms with van der Waals surface area (Å²) < 4.78 is 0. The van der Waals surface area contributed by atoms with Gasteiger partial charge in [0.2, 0.25) is 0 Å². The van der Waals surface area contributed by atoms with Gasteiger partial charge in [-0.2, -0.15) is 6.42 Å². The monoisotopic (exact) mass is 434 g/mol. The summed E-state index contributed by atoms with van der Waals surface area (Å²) in [4.78, 5) is 10.3. The van der Waals surface area contributed by atoms with Crippen LogP contribution in [-0.2, 0) is 4.79 Å². The normalized spacial score (nSPS) is 24.9. The van der Waals surface area contributed by atoms with E-state index in [9.17, 15) is 4.79 Å². The topological polar surface area (TPSA) is 17.1 Å². The van der Waals surface area contributed by atoms with Gasteiger partial charge in [-0.1, -0.05) is 46.5 Å². The zero-order valence-electron chi connectivity index (χ0n) is 10.4. The second kappa shape index (κ2) is 11.2. The van der Waals surface area contributed by atoms with Crippen LogP contribution in [0.3, 0.4) is 0 Å². The van der Waals surface area contributed by atoms with Crippen molar-refractivity contribution in [1.29, 1.82) is 0 Å². The Hall–Kier alpha value is 0.722. The Bertz CT molecular complexity index is 137. The second-order valence-corrected chi connectivity index (χ2v) is 4.47. The average molecular weight is 434 g/mol. The van der Waals surface area contributed by atoms with Crippen LogP contribution < -0.4 is 0 Å². The van der Waals surface area contributed by atoms with E-state index in [1.807, 2.05) is 6.92 Å². The van der Waals surface area contributed by atoms with Gasteiger partial charge in [-0.15, -0.1) is 5.92 Å². The van der Waals surface area contributed by atoms with Gasteiger partial charge in [0, 0.05) is 0 Å². The summed E-state index contributed by atoms with van der Waals surface area (Å²) in [6, 6.07) is 0. The summed E-state index contributed by atoms with van der Waals surface area (Å²) in [5, 5.41) is 0. The molecular weight excluding hydrogens is 410 g/mol. The molecule has 1 aliphatic carbocycles. The molecule has 0 aliphatic heterocycles. The van der Waals surface area contributed by atoms with Gasteiger partial charge < -0.3 is 11.7 Å². The molecular formula is C13H24OU. The number of carbonyl (C=O) groups excluding carboxylic acids is 1. The molecule has 0 unspecified atom stereocenters. The Kier molecular flexibility index (Phi) is 13.5. The molecule has 0 saturated heterocycles. The first kappa shape index (κ1) is 18.1. The van der Waals surface area contributed by atoms with Crippen LogP contribution in [0.5, 0.6) is 0 Å². The van der Waals surface area contributed by atoms with Crippen molar-refractivity contribution in [3.8, 4) is 0 Å². The first-order valence-corrected chi connectivity index (χ1v) is 5.82. The molecule has 1 aliphatic rings. The molecule has 0 aromatic heterocycles. The van der Waals surface area contributed by atoms with Gasteiger partial charge in [-0.3, -0.25) is 6.29 Å². The van der Waals surface area contributed by atoms with Crippen LogP contribution in [0.2, 0.25) is 0 Å². The van der Waals surface area contributed by atoms with Crippen LogP contribution in [0.15, 0.2) is 0 Å². The van der Waals surface area contributed by atoms with Crippen molar-refractivity contribution >= 4 is 6.29 Å². The Morgan fingerprint density at radius 2 is 1.67 bits per heavy atom. The summed E-state index contributed by atoms with van der Waals surface area (Å²) in [5.41, 5.74) is 0. The summed E-state index contributed by atoms with van der Waals surface area (Å²) >= 11 is 0. The van der Waals surface area contributed by atoms with Crippen molar-refractivity contribution in [2.24, 2.45) is 17.8 Å². The van der Waals surface area contributed by atoms with Gasteiger partial charge >= 0.3 is 31.1 Å². The van der Waals surface area contributed by atoms with Gasteiger partial charge in [0.05, 0.1) is 0 Å². The smallest absolute Gasteiger partial charge is 0.542 e. The Balaban J connectivity index is 0. The van der Waals surface area contributed by atoms with Crippen LogP contribution in [0, 0.1) is 55.8 Å². The molecule has 1 nitrogen and oxygen atoms in total. The summed E-state index contributed by atoms with van der Waals surface area (Å²) in [6.07, 6.45) is 7.73. The van der Waals surface area contributed by atoms with E-state index in [2.05, 4.69) is 27.1 Å². The molecule has 0 atom stereocenters. The molecule has 2 heteroatoms. The van der Waals surface area contributed by atoms with Crippen molar-refractivity contribution in [2.75, 3.05) is 0 Å². The van der Waals surface area contributed by atoms with Crippen LogP contribution >= 0.6 is 0 Å². The van der Waals surface area contributed by atoms with Gasteiger partial charge in [-0.05, 0) is 11.8 Å². The minimum atomic E-state index is 0. The molecule has 0 spiro atoms. The first-order valence-electron chi connectivity index (χ1n) is 5.82. The third-order valence-corrected chi connectivity index (χ3v) is 2.88. The van der Waals surface area contributed by atoms with E-state index in [1.165, 1.54) is 12.8 Å².